The summed E-state index contributed by atoms with van der Waals surface area (Å²) in [5.41, 5.74) is 1.75. The number of anilines is 1. The Morgan fingerprint density at radius 2 is 1.82 bits per heavy atom. The van der Waals surface area contributed by atoms with Crippen LogP contribution in [0.25, 0.3) is 11.5 Å². The van der Waals surface area contributed by atoms with E-state index in [9.17, 15) is 9.59 Å². The molecule has 0 bridgehead atoms. The minimum atomic E-state index is -0.382. The number of benzene rings is 2. The van der Waals surface area contributed by atoms with E-state index in [1.807, 2.05) is 6.92 Å². The van der Waals surface area contributed by atoms with Crippen molar-refractivity contribution in [2.24, 2.45) is 0 Å². The Kier molecular flexibility index (Phi) is 6.35. The lowest BCUT2D eigenvalue weighted by Gasteiger charge is -2.08. The Balaban J connectivity index is 1.48. The Bertz CT molecular complexity index is 906. The standard InChI is InChI=1S/C20H19N3O5/c1-2-11-26-20(25)15-3-7-16(8-4-15)22-18(24)12-27-17-9-5-14(6-10-17)19-23-21-13-28-19/h3-10,13H,2,11-12H2,1H3,(H,22,24). The fraction of sp³-hybridized carbons (Fsp3) is 0.200. The van der Waals surface area contributed by atoms with Crippen LogP contribution in [0, 0.1) is 0 Å². The minimum Gasteiger partial charge on any atom is -0.484 e. The van der Waals surface area contributed by atoms with Gasteiger partial charge in [0, 0.05) is 11.3 Å². The number of carbonyl (C=O) groups is 2. The van der Waals surface area contributed by atoms with Crippen molar-refractivity contribution in [2.45, 2.75) is 13.3 Å². The molecule has 28 heavy (non-hydrogen) atoms. The summed E-state index contributed by atoms with van der Waals surface area (Å²) >= 11 is 0. The van der Waals surface area contributed by atoms with E-state index in [2.05, 4.69) is 15.5 Å². The predicted molar refractivity (Wildman–Crippen MR) is 101 cm³/mol. The number of carbonyl (C=O) groups excluding carboxylic acids is 2. The van der Waals surface area contributed by atoms with E-state index in [-0.39, 0.29) is 18.5 Å². The van der Waals surface area contributed by atoms with E-state index in [1.54, 1.807) is 48.5 Å². The largest absolute Gasteiger partial charge is 0.484 e. The Hall–Kier alpha value is -3.68. The number of rotatable bonds is 8. The second-order valence-electron chi connectivity index (χ2n) is 5.82. The molecule has 0 radical (unpaired) electrons. The molecule has 8 heteroatoms. The molecule has 1 heterocycles. The van der Waals surface area contributed by atoms with E-state index < -0.39 is 0 Å². The van der Waals surface area contributed by atoms with Gasteiger partial charge >= 0.3 is 5.97 Å². The number of amides is 1. The van der Waals surface area contributed by atoms with Gasteiger partial charge in [-0.25, -0.2) is 4.79 Å². The summed E-state index contributed by atoms with van der Waals surface area (Å²) in [6.45, 7) is 2.15. The zero-order chi connectivity index (χ0) is 19.8. The van der Waals surface area contributed by atoms with Crippen LogP contribution < -0.4 is 10.1 Å². The van der Waals surface area contributed by atoms with Crippen LogP contribution in [0.4, 0.5) is 5.69 Å². The molecule has 0 fully saturated rings. The third-order valence-corrected chi connectivity index (χ3v) is 3.67. The van der Waals surface area contributed by atoms with Crippen LogP contribution in [-0.2, 0) is 9.53 Å². The Morgan fingerprint density at radius 1 is 1.07 bits per heavy atom. The fourth-order valence-corrected chi connectivity index (χ4v) is 2.31. The third kappa shape index (κ3) is 5.16. The summed E-state index contributed by atoms with van der Waals surface area (Å²) in [6, 6.07) is 13.4. The van der Waals surface area contributed by atoms with Gasteiger partial charge in [-0.15, -0.1) is 10.2 Å². The summed E-state index contributed by atoms with van der Waals surface area (Å²) in [7, 11) is 0. The molecule has 0 saturated carbocycles. The SMILES string of the molecule is CCCOC(=O)c1ccc(NC(=O)COc2ccc(-c3nnco3)cc2)cc1. The van der Waals surface area contributed by atoms with E-state index in [0.29, 0.717) is 29.5 Å². The summed E-state index contributed by atoms with van der Waals surface area (Å²) in [4.78, 5) is 23.8. The Labute approximate surface area is 161 Å². The predicted octanol–water partition coefficient (Wildman–Crippen LogP) is 3.32. The summed E-state index contributed by atoms with van der Waals surface area (Å²) in [5.74, 6) is 0.244. The van der Waals surface area contributed by atoms with Crippen LogP contribution in [0.2, 0.25) is 0 Å². The second kappa shape index (κ2) is 9.31. The smallest absolute Gasteiger partial charge is 0.338 e. The zero-order valence-corrected chi connectivity index (χ0v) is 15.3. The van der Waals surface area contributed by atoms with Crippen molar-refractivity contribution in [3.05, 3.63) is 60.5 Å². The highest BCUT2D eigenvalue weighted by atomic mass is 16.5. The van der Waals surface area contributed by atoms with Gasteiger partial charge in [-0.3, -0.25) is 4.79 Å². The van der Waals surface area contributed by atoms with Gasteiger partial charge in [-0.2, -0.15) is 0 Å². The highest BCUT2D eigenvalue weighted by Gasteiger charge is 2.09. The number of esters is 1. The van der Waals surface area contributed by atoms with Crippen LogP contribution in [-0.4, -0.2) is 35.3 Å². The molecule has 3 aromatic rings. The van der Waals surface area contributed by atoms with Gasteiger partial charge in [-0.1, -0.05) is 6.92 Å². The van der Waals surface area contributed by atoms with Gasteiger partial charge in [0.15, 0.2) is 6.61 Å². The van der Waals surface area contributed by atoms with Crippen LogP contribution in [0.15, 0.2) is 59.3 Å². The lowest BCUT2D eigenvalue weighted by Crippen LogP contribution is -2.20. The van der Waals surface area contributed by atoms with Crippen LogP contribution in [0.5, 0.6) is 5.75 Å². The van der Waals surface area contributed by atoms with Gasteiger partial charge in [0.1, 0.15) is 5.75 Å². The molecular formula is C20H19N3O5. The van der Waals surface area contributed by atoms with Crippen molar-refractivity contribution < 1.29 is 23.5 Å². The zero-order valence-electron chi connectivity index (χ0n) is 15.3. The first-order chi connectivity index (χ1) is 13.7. The van der Waals surface area contributed by atoms with E-state index in [1.165, 1.54) is 6.39 Å². The first-order valence-corrected chi connectivity index (χ1v) is 8.72. The van der Waals surface area contributed by atoms with E-state index >= 15 is 0 Å². The molecule has 0 aliphatic rings. The maximum atomic E-state index is 12.0. The Morgan fingerprint density at radius 3 is 2.46 bits per heavy atom. The molecule has 0 atom stereocenters. The molecule has 1 aromatic heterocycles. The van der Waals surface area contributed by atoms with Crippen LogP contribution in [0.3, 0.4) is 0 Å². The van der Waals surface area contributed by atoms with Crippen molar-refractivity contribution in [1.82, 2.24) is 10.2 Å². The molecule has 1 amide bonds. The number of hydrogen-bond acceptors (Lipinski definition) is 7. The molecule has 2 aromatic carbocycles. The van der Waals surface area contributed by atoms with Crippen molar-refractivity contribution in [1.29, 1.82) is 0 Å². The van der Waals surface area contributed by atoms with Crippen LogP contribution >= 0.6 is 0 Å². The maximum Gasteiger partial charge on any atom is 0.338 e. The lowest BCUT2D eigenvalue weighted by molar-refractivity contribution is -0.118. The number of nitrogens with zero attached hydrogens (tertiary/aromatic N) is 2. The van der Waals surface area contributed by atoms with Crippen molar-refractivity contribution in [3.63, 3.8) is 0 Å². The first kappa shape index (κ1) is 19.1. The molecule has 0 aliphatic heterocycles. The highest BCUT2D eigenvalue weighted by Crippen LogP contribution is 2.20. The quantitative estimate of drug-likeness (QED) is 0.597. The minimum absolute atomic E-state index is 0.153. The molecule has 3 rings (SSSR count). The summed E-state index contributed by atoms with van der Waals surface area (Å²) in [6.07, 6.45) is 2.02. The number of hydrogen-bond donors (Lipinski definition) is 1. The van der Waals surface area contributed by atoms with E-state index in [4.69, 9.17) is 13.9 Å². The number of aromatic nitrogens is 2. The van der Waals surface area contributed by atoms with Gasteiger partial charge in [0.2, 0.25) is 12.3 Å². The van der Waals surface area contributed by atoms with Crippen molar-refractivity contribution in [3.8, 4) is 17.2 Å². The summed E-state index contributed by atoms with van der Waals surface area (Å²) in [5, 5.41) is 10.1. The third-order valence-electron chi connectivity index (χ3n) is 3.67. The van der Waals surface area contributed by atoms with Gasteiger partial charge in [0.25, 0.3) is 5.91 Å². The van der Waals surface area contributed by atoms with Crippen molar-refractivity contribution in [2.75, 3.05) is 18.5 Å². The van der Waals surface area contributed by atoms with Gasteiger partial charge in [-0.05, 0) is 55.0 Å². The topological polar surface area (TPSA) is 104 Å². The second-order valence-corrected chi connectivity index (χ2v) is 5.82. The number of ether oxygens (including phenoxy) is 2. The average molecular weight is 381 g/mol. The lowest BCUT2D eigenvalue weighted by atomic mass is 10.2. The first-order valence-electron chi connectivity index (χ1n) is 8.72. The fourth-order valence-electron chi connectivity index (χ4n) is 2.31. The molecule has 0 spiro atoms. The molecule has 0 aliphatic carbocycles. The molecular weight excluding hydrogens is 362 g/mol. The molecule has 0 unspecified atom stereocenters. The normalized spacial score (nSPS) is 10.3. The molecule has 1 N–H and O–H groups in total. The molecule has 144 valence electrons. The highest BCUT2D eigenvalue weighted by molar-refractivity contribution is 5.93. The number of nitrogens with one attached hydrogen (secondary N) is 1. The summed E-state index contributed by atoms with van der Waals surface area (Å²) < 4.78 is 15.6. The maximum absolute atomic E-state index is 12.0. The van der Waals surface area contributed by atoms with Gasteiger partial charge in [0.05, 0.1) is 12.2 Å². The van der Waals surface area contributed by atoms with Gasteiger partial charge < -0.3 is 19.2 Å². The van der Waals surface area contributed by atoms with E-state index in [0.717, 1.165) is 12.0 Å². The molecule has 0 saturated heterocycles. The van der Waals surface area contributed by atoms with Crippen LogP contribution in [0.1, 0.15) is 23.7 Å². The average Bonchev–Trinajstić information content (AvgIpc) is 3.26. The van der Waals surface area contributed by atoms with Crippen molar-refractivity contribution >= 4 is 17.6 Å². The molecule has 8 nitrogen and oxygen atoms in total. The monoisotopic (exact) mass is 381 g/mol.